The van der Waals surface area contributed by atoms with Crippen LogP contribution >= 0.6 is 0 Å². The highest BCUT2D eigenvalue weighted by Gasteiger charge is 2.42. The van der Waals surface area contributed by atoms with E-state index in [-0.39, 0.29) is 24.7 Å². The number of aliphatic hydroxyl groups excluding tert-OH is 2. The van der Waals surface area contributed by atoms with Crippen molar-refractivity contribution in [2.24, 2.45) is 5.92 Å². The molecule has 1 aromatic carbocycles. The second kappa shape index (κ2) is 6.53. The lowest BCUT2D eigenvalue weighted by atomic mass is 9.75. The normalized spacial score (nSPS) is 31.6. The van der Waals surface area contributed by atoms with Gasteiger partial charge in [0.25, 0.3) is 0 Å². The fraction of sp³-hybridized carbons (Fsp3) is 0.556. The van der Waals surface area contributed by atoms with Crippen LogP contribution in [0.25, 0.3) is 0 Å². The Morgan fingerprint density at radius 2 is 1.92 bits per heavy atom. The van der Waals surface area contributed by atoms with Crippen LogP contribution in [0.3, 0.4) is 0 Å². The number of aryl methyl sites for hydroxylation is 1. The van der Waals surface area contributed by atoms with E-state index in [0.29, 0.717) is 6.42 Å². The zero-order chi connectivity index (χ0) is 17.4. The van der Waals surface area contributed by atoms with Gasteiger partial charge in [-0.2, -0.15) is 0 Å². The van der Waals surface area contributed by atoms with Crippen molar-refractivity contribution in [2.75, 3.05) is 7.11 Å². The monoisotopic (exact) mass is 333 g/mol. The van der Waals surface area contributed by atoms with Gasteiger partial charge in [0.05, 0.1) is 31.2 Å². The van der Waals surface area contributed by atoms with Crippen LogP contribution in [0.2, 0.25) is 0 Å². The standard InChI is InChI=1S/C18H23NO5/c1-9-3-4-10-6-12(11(10)5-9)17(22)19-14-8-16(21)15(20)7-13(14)18(23)24-2/h3-5,12-16,20-21H,6-8H2,1-2H3,(H,19,22)/t12?,13-,14+,15-,16+/m1/s1. The molecule has 0 saturated heterocycles. The molecule has 0 radical (unpaired) electrons. The smallest absolute Gasteiger partial charge is 0.310 e. The molecule has 1 unspecified atom stereocenters. The van der Waals surface area contributed by atoms with Gasteiger partial charge >= 0.3 is 5.97 Å². The number of methoxy groups -OCH3 is 1. The summed E-state index contributed by atoms with van der Waals surface area (Å²) in [5, 5.41) is 22.6. The Hall–Kier alpha value is -1.92. The van der Waals surface area contributed by atoms with Crippen molar-refractivity contribution in [1.82, 2.24) is 5.32 Å². The van der Waals surface area contributed by atoms with E-state index >= 15 is 0 Å². The Morgan fingerprint density at radius 3 is 2.62 bits per heavy atom. The zero-order valence-corrected chi connectivity index (χ0v) is 13.9. The topological polar surface area (TPSA) is 95.9 Å². The van der Waals surface area contributed by atoms with E-state index in [1.54, 1.807) is 0 Å². The molecular weight excluding hydrogens is 310 g/mol. The number of esters is 1. The van der Waals surface area contributed by atoms with Crippen LogP contribution in [0.4, 0.5) is 0 Å². The fourth-order valence-electron chi connectivity index (χ4n) is 3.68. The van der Waals surface area contributed by atoms with Crippen molar-refractivity contribution in [1.29, 1.82) is 0 Å². The van der Waals surface area contributed by atoms with Crippen molar-refractivity contribution < 1.29 is 24.5 Å². The van der Waals surface area contributed by atoms with Gasteiger partial charge < -0.3 is 20.3 Å². The van der Waals surface area contributed by atoms with Crippen molar-refractivity contribution in [2.45, 2.75) is 50.4 Å². The van der Waals surface area contributed by atoms with E-state index in [1.165, 1.54) is 12.7 Å². The summed E-state index contributed by atoms with van der Waals surface area (Å²) in [5.74, 6) is -1.48. The van der Waals surface area contributed by atoms with E-state index in [1.807, 2.05) is 25.1 Å². The van der Waals surface area contributed by atoms with Crippen LogP contribution in [-0.2, 0) is 20.7 Å². The summed E-state index contributed by atoms with van der Waals surface area (Å²) < 4.78 is 4.77. The lowest BCUT2D eigenvalue weighted by Crippen LogP contribution is -2.54. The Bertz CT molecular complexity index is 659. The number of carbonyl (C=O) groups excluding carboxylic acids is 2. The van der Waals surface area contributed by atoms with E-state index in [2.05, 4.69) is 5.32 Å². The number of rotatable bonds is 3. The van der Waals surface area contributed by atoms with E-state index in [0.717, 1.165) is 11.1 Å². The van der Waals surface area contributed by atoms with Crippen LogP contribution in [0.5, 0.6) is 0 Å². The van der Waals surface area contributed by atoms with Crippen LogP contribution in [-0.4, -0.2) is 47.4 Å². The molecule has 3 N–H and O–H groups in total. The van der Waals surface area contributed by atoms with E-state index in [4.69, 9.17) is 4.74 Å². The largest absolute Gasteiger partial charge is 0.469 e. The zero-order valence-electron chi connectivity index (χ0n) is 13.9. The van der Waals surface area contributed by atoms with Crippen molar-refractivity contribution in [3.05, 3.63) is 34.9 Å². The minimum Gasteiger partial charge on any atom is -0.469 e. The van der Waals surface area contributed by atoms with Gasteiger partial charge in [0.1, 0.15) is 0 Å². The first-order valence-electron chi connectivity index (χ1n) is 8.24. The second-order valence-corrected chi connectivity index (χ2v) is 6.81. The predicted octanol–water partition coefficient (Wildman–Crippen LogP) is 0.424. The van der Waals surface area contributed by atoms with Crippen molar-refractivity contribution in [3.8, 4) is 0 Å². The van der Waals surface area contributed by atoms with Gasteiger partial charge in [-0.15, -0.1) is 0 Å². The van der Waals surface area contributed by atoms with Crippen molar-refractivity contribution in [3.63, 3.8) is 0 Å². The Balaban J connectivity index is 1.71. The van der Waals surface area contributed by atoms with Gasteiger partial charge in [0.2, 0.25) is 5.91 Å². The molecule has 0 heterocycles. The van der Waals surface area contributed by atoms with Crippen LogP contribution in [0.1, 0.15) is 35.4 Å². The Labute approximate surface area is 140 Å². The highest BCUT2D eigenvalue weighted by atomic mass is 16.5. The molecule has 2 aliphatic carbocycles. The Morgan fingerprint density at radius 1 is 1.21 bits per heavy atom. The maximum atomic E-state index is 12.6. The molecular formula is C18H23NO5. The third kappa shape index (κ3) is 3.03. The highest BCUT2D eigenvalue weighted by Crippen LogP contribution is 2.36. The van der Waals surface area contributed by atoms with E-state index in [9.17, 15) is 19.8 Å². The lowest BCUT2D eigenvalue weighted by Gasteiger charge is -2.38. The number of ether oxygens (including phenoxy) is 1. The van der Waals surface area contributed by atoms with Gasteiger partial charge in [-0.25, -0.2) is 0 Å². The summed E-state index contributed by atoms with van der Waals surface area (Å²) in [4.78, 5) is 24.5. The van der Waals surface area contributed by atoms with E-state index < -0.39 is 30.1 Å². The quantitative estimate of drug-likeness (QED) is 0.697. The lowest BCUT2D eigenvalue weighted by molar-refractivity contribution is -0.152. The minimum atomic E-state index is -0.977. The third-order valence-corrected chi connectivity index (χ3v) is 5.17. The van der Waals surface area contributed by atoms with Crippen LogP contribution in [0, 0.1) is 12.8 Å². The molecule has 5 atom stereocenters. The van der Waals surface area contributed by atoms with Gasteiger partial charge in [-0.1, -0.05) is 23.8 Å². The number of benzene rings is 1. The molecule has 24 heavy (non-hydrogen) atoms. The average Bonchev–Trinajstić information content (AvgIpc) is 2.53. The number of nitrogens with one attached hydrogen (secondary N) is 1. The third-order valence-electron chi connectivity index (χ3n) is 5.17. The number of hydrogen-bond donors (Lipinski definition) is 3. The summed E-state index contributed by atoms with van der Waals surface area (Å²) in [6, 6.07) is 5.54. The molecule has 1 saturated carbocycles. The summed E-state index contributed by atoms with van der Waals surface area (Å²) in [5.41, 5.74) is 3.30. The molecule has 1 aromatic rings. The Kier molecular flexibility index (Phi) is 4.60. The summed E-state index contributed by atoms with van der Waals surface area (Å²) in [7, 11) is 1.28. The minimum absolute atomic E-state index is 0.0825. The fourth-order valence-corrected chi connectivity index (χ4v) is 3.68. The number of hydrogen-bond acceptors (Lipinski definition) is 5. The number of fused-ring (bicyclic) bond motifs is 1. The molecule has 0 aliphatic heterocycles. The molecule has 1 fully saturated rings. The molecule has 0 spiro atoms. The van der Waals surface area contributed by atoms with Crippen molar-refractivity contribution >= 4 is 11.9 Å². The summed E-state index contributed by atoms with van der Waals surface area (Å²) in [6.07, 6.45) is -1.02. The van der Waals surface area contributed by atoms with Gasteiger partial charge in [-0.3, -0.25) is 9.59 Å². The molecule has 6 heteroatoms. The highest BCUT2D eigenvalue weighted by molar-refractivity contribution is 5.87. The van der Waals surface area contributed by atoms with Gasteiger partial charge in [-0.05, 0) is 37.3 Å². The second-order valence-electron chi connectivity index (χ2n) is 6.81. The predicted molar refractivity (Wildman–Crippen MR) is 86.3 cm³/mol. The van der Waals surface area contributed by atoms with Gasteiger partial charge in [0, 0.05) is 6.04 Å². The van der Waals surface area contributed by atoms with Gasteiger partial charge in [0.15, 0.2) is 0 Å². The summed E-state index contributed by atoms with van der Waals surface area (Å²) >= 11 is 0. The number of aliphatic hydroxyl groups is 2. The maximum absolute atomic E-state index is 12.6. The molecule has 0 bridgehead atoms. The molecule has 130 valence electrons. The first kappa shape index (κ1) is 16.9. The maximum Gasteiger partial charge on any atom is 0.310 e. The SMILES string of the molecule is COC(=O)[C@@H]1C[C@@H](O)[C@@H](O)C[C@@H]1NC(=O)C1Cc2ccc(C)cc21. The molecule has 0 aromatic heterocycles. The van der Waals surface area contributed by atoms with Crippen LogP contribution in [0.15, 0.2) is 18.2 Å². The molecule has 3 rings (SSSR count). The summed E-state index contributed by atoms with van der Waals surface area (Å²) in [6.45, 7) is 1.99. The first-order valence-corrected chi connectivity index (χ1v) is 8.24. The molecule has 1 amide bonds. The molecule has 2 aliphatic rings. The number of amides is 1. The van der Waals surface area contributed by atoms with Crippen LogP contribution < -0.4 is 5.32 Å². The molecule has 6 nitrogen and oxygen atoms in total. The number of carbonyl (C=O) groups is 2. The average molecular weight is 333 g/mol. The first-order chi connectivity index (χ1) is 11.4.